The van der Waals surface area contributed by atoms with Crippen molar-refractivity contribution >= 4 is 22.5 Å². The molecule has 0 unspecified atom stereocenters. The van der Waals surface area contributed by atoms with E-state index in [4.69, 9.17) is 0 Å². The third-order valence-corrected chi connectivity index (χ3v) is 5.51. The summed E-state index contributed by atoms with van der Waals surface area (Å²) in [5, 5.41) is 13.8. The van der Waals surface area contributed by atoms with Gasteiger partial charge in [-0.2, -0.15) is 18.3 Å². The van der Waals surface area contributed by atoms with Crippen LogP contribution >= 0.6 is 0 Å². The zero-order valence-electron chi connectivity index (χ0n) is 18.7. The predicted octanol–water partition coefficient (Wildman–Crippen LogP) is 4.77. The molecule has 3 N–H and O–H groups in total. The molecular formula is C26H23F3N4O2. The Morgan fingerprint density at radius 3 is 2.37 bits per heavy atom. The van der Waals surface area contributed by atoms with E-state index in [1.54, 1.807) is 42.5 Å². The summed E-state index contributed by atoms with van der Waals surface area (Å²) in [6.45, 7) is 1.00. The number of H-pyrrole nitrogens is 1. The van der Waals surface area contributed by atoms with E-state index in [-0.39, 0.29) is 17.9 Å². The number of alkyl halides is 3. The van der Waals surface area contributed by atoms with Crippen molar-refractivity contribution in [3.8, 4) is 11.1 Å². The number of fused-ring (bicyclic) bond motifs is 1. The Morgan fingerprint density at radius 2 is 1.63 bits per heavy atom. The van der Waals surface area contributed by atoms with Crippen LogP contribution in [-0.4, -0.2) is 29.2 Å². The van der Waals surface area contributed by atoms with Crippen LogP contribution < -0.4 is 16.2 Å². The number of aromatic amines is 1. The van der Waals surface area contributed by atoms with Gasteiger partial charge in [0.2, 0.25) is 5.91 Å². The van der Waals surface area contributed by atoms with Crippen molar-refractivity contribution in [1.29, 1.82) is 0 Å². The highest BCUT2D eigenvalue weighted by Gasteiger charge is 2.30. The van der Waals surface area contributed by atoms with Crippen LogP contribution in [0.15, 0.2) is 77.6 Å². The first-order valence-electron chi connectivity index (χ1n) is 11.1. The second-order valence-corrected chi connectivity index (χ2v) is 8.03. The molecule has 0 aliphatic rings. The van der Waals surface area contributed by atoms with Crippen molar-refractivity contribution in [2.45, 2.75) is 19.0 Å². The lowest BCUT2D eigenvalue weighted by Crippen LogP contribution is -2.27. The van der Waals surface area contributed by atoms with Gasteiger partial charge in [-0.15, -0.1) is 0 Å². The fourth-order valence-corrected chi connectivity index (χ4v) is 3.71. The molecule has 0 aliphatic heterocycles. The molecule has 0 radical (unpaired) electrons. The minimum Gasteiger partial charge on any atom is -0.368 e. The first-order chi connectivity index (χ1) is 16.8. The molecule has 3 aromatic carbocycles. The highest BCUT2D eigenvalue weighted by molar-refractivity contribution is 5.90. The number of rotatable bonds is 8. The minimum atomic E-state index is -4.39. The fraction of sp³-hybridized carbons (Fsp3) is 0.192. The molecule has 6 nitrogen and oxygen atoms in total. The van der Waals surface area contributed by atoms with E-state index < -0.39 is 11.7 Å². The number of anilines is 1. The smallest absolute Gasteiger partial charge is 0.368 e. The second kappa shape index (κ2) is 10.4. The van der Waals surface area contributed by atoms with Gasteiger partial charge in [0.25, 0.3) is 5.56 Å². The number of aromatic nitrogens is 2. The quantitative estimate of drug-likeness (QED) is 0.317. The molecule has 0 bridgehead atoms. The SMILES string of the molecule is O=C(Cc1ccc(-c2cccc(C(F)(F)F)c2)cc1)NCCCNc1n[nH]c(=O)c2ccccc12. The molecule has 0 saturated carbocycles. The molecule has 9 heteroatoms. The van der Waals surface area contributed by atoms with Crippen molar-refractivity contribution in [3.05, 3.63) is 94.3 Å². The number of hydrogen-bond donors (Lipinski definition) is 3. The lowest BCUT2D eigenvalue weighted by molar-refractivity contribution is -0.137. The number of benzene rings is 3. The summed E-state index contributed by atoms with van der Waals surface area (Å²) in [5.74, 6) is 0.428. The van der Waals surface area contributed by atoms with Crippen molar-refractivity contribution in [2.75, 3.05) is 18.4 Å². The Hall–Kier alpha value is -4.14. The number of nitrogens with one attached hydrogen (secondary N) is 3. The van der Waals surface area contributed by atoms with E-state index in [2.05, 4.69) is 20.8 Å². The summed E-state index contributed by atoms with van der Waals surface area (Å²) >= 11 is 0. The maximum Gasteiger partial charge on any atom is 0.416 e. The predicted molar refractivity (Wildman–Crippen MR) is 129 cm³/mol. The molecule has 35 heavy (non-hydrogen) atoms. The van der Waals surface area contributed by atoms with Crippen LogP contribution in [0.3, 0.4) is 0 Å². The molecule has 4 rings (SSSR count). The largest absolute Gasteiger partial charge is 0.416 e. The summed E-state index contributed by atoms with van der Waals surface area (Å²) in [6, 6.07) is 19.2. The molecule has 0 spiro atoms. The summed E-state index contributed by atoms with van der Waals surface area (Å²) in [5.41, 5.74) is 0.932. The van der Waals surface area contributed by atoms with Crippen LogP contribution in [0.5, 0.6) is 0 Å². The lowest BCUT2D eigenvalue weighted by atomic mass is 10.0. The Morgan fingerprint density at radius 1 is 0.886 bits per heavy atom. The van der Waals surface area contributed by atoms with Gasteiger partial charge in [-0.1, -0.05) is 54.6 Å². The molecule has 0 atom stereocenters. The molecule has 0 fully saturated rings. The van der Waals surface area contributed by atoms with Gasteiger partial charge in [-0.05, 0) is 41.3 Å². The third-order valence-electron chi connectivity index (χ3n) is 5.51. The van der Waals surface area contributed by atoms with Crippen LogP contribution in [0.4, 0.5) is 19.0 Å². The van der Waals surface area contributed by atoms with E-state index in [0.29, 0.717) is 41.8 Å². The fourth-order valence-electron chi connectivity index (χ4n) is 3.71. The van der Waals surface area contributed by atoms with Gasteiger partial charge in [-0.3, -0.25) is 9.59 Å². The van der Waals surface area contributed by atoms with Crippen molar-refractivity contribution in [3.63, 3.8) is 0 Å². The van der Waals surface area contributed by atoms with E-state index in [1.165, 1.54) is 6.07 Å². The number of hydrogen-bond acceptors (Lipinski definition) is 4. The van der Waals surface area contributed by atoms with Crippen LogP contribution in [0, 0.1) is 0 Å². The number of amides is 1. The maximum absolute atomic E-state index is 12.9. The van der Waals surface area contributed by atoms with Gasteiger partial charge in [0.15, 0.2) is 5.82 Å². The normalized spacial score (nSPS) is 11.4. The van der Waals surface area contributed by atoms with Gasteiger partial charge >= 0.3 is 6.18 Å². The maximum atomic E-state index is 12.9. The van der Waals surface area contributed by atoms with Gasteiger partial charge in [0.05, 0.1) is 17.4 Å². The summed E-state index contributed by atoms with van der Waals surface area (Å²) < 4.78 is 38.8. The molecule has 1 aromatic heterocycles. The van der Waals surface area contributed by atoms with Crippen LogP contribution in [0.25, 0.3) is 21.9 Å². The van der Waals surface area contributed by atoms with E-state index in [9.17, 15) is 22.8 Å². The highest BCUT2D eigenvalue weighted by atomic mass is 19.4. The molecule has 0 saturated heterocycles. The second-order valence-electron chi connectivity index (χ2n) is 8.03. The van der Waals surface area contributed by atoms with Gasteiger partial charge in [-0.25, -0.2) is 5.10 Å². The van der Waals surface area contributed by atoms with Crippen LogP contribution in [-0.2, 0) is 17.4 Å². The molecule has 180 valence electrons. The van der Waals surface area contributed by atoms with E-state index >= 15 is 0 Å². The number of carbonyl (C=O) groups excluding carboxylic acids is 1. The third kappa shape index (κ3) is 6.06. The summed E-state index contributed by atoms with van der Waals surface area (Å²) in [7, 11) is 0. The molecule has 1 amide bonds. The Bertz CT molecular complexity index is 1380. The first kappa shape index (κ1) is 24.0. The zero-order chi connectivity index (χ0) is 24.8. The standard InChI is InChI=1S/C26H23F3N4O2/c27-26(28,29)20-6-3-5-19(16-20)18-11-9-17(10-12-18)15-23(34)30-13-4-14-31-24-21-7-1-2-8-22(21)25(35)33-32-24/h1-3,5-12,16H,4,13-15H2,(H,30,34)(H,31,32)(H,33,35). The van der Waals surface area contributed by atoms with Gasteiger partial charge in [0.1, 0.15) is 0 Å². The van der Waals surface area contributed by atoms with Crippen molar-refractivity contribution < 1.29 is 18.0 Å². The van der Waals surface area contributed by atoms with E-state index in [0.717, 1.165) is 23.1 Å². The topological polar surface area (TPSA) is 86.9 Å². The monoisotopic (exact) mass is 480 g/mol. The van der Waals surface area contributed by atoms with Gasteiger partial charge < -0.3 is 10.6 Å². The number of nitrogens with zero attached hydrogens (tertiary/aromatic N) is 1. The molecular weight excluding hydrogens is 457 g/mol. The first-order valence-corrected chi connectivity index (χ1v) is 11.1. The molecule has 0 aliphatic carbocycles. The highest BCUT2D eigenvalue weighted by Crippen LogP contribution is 2.32. The Kier molecular flexibility index (Phi) is 7.14. The van der Waals surface area contributed by atoms with Gasteiger partial charge in [0, 0.05) is 18.5 Å². The average molecular weight is 480 g/mol. The Labute approximate surface area is 199 Å². The lowest BCUT2D eigenvalue weighted by Gasteiger charge is -2.10. The minimum absolute atomic E-state index is 0.149. The summed E-state index contributed by atoms with van der Waals surface area (Å²) in [4.78, 5) is 24.1. The number of halogens is 3. The molecule has 4 aromatic rings. The van der Waals surface area contributed by atoms with E-state index in [1.807, 2.05) is 12.1 Å². The average Bonchev–Trinajstić information content (AvgIpc) is 2.85. The van der Waals surface area contributed by atoms with Crippen LogP contribution in [0.1, 0.15) is 17.5 Å². The number of carbonyl (C=O) groups is 1. The molecule has 1 heterocycles. The van der Waals surface area contributed by atoms with Crippen molar-refractivity contribution in [2.24, 2.45) is 0 Å². The summed E-state index contributed by atoms with van der Waals surface area (Å²) in [6.07, 6.45) is -3.58. The Balaban J connectivity index is 1.25. The zero-order valence-corrected chi connectivity index (χ0v) is 18.7. The van der Waals surface area contributed by atoms with Crippen LogP contribution in [0.2, 0.25) is 0 Å². The van der Waals surface area contributed by atoms with Crippen molar-refractivity contribution in [1.82, 2.24) is 15.5 Å².